The van der Waals surface area contributed by atoms with Gasteiger partial charge in [0.2, 0.25) is 5.91 Å². The summed E-state index contributed by atoms with van der Waals surface area (Å²) in [5.74, 6) is -0.519. The molecule has 2 aromatic carbocycles. The fraction of sp³-hybridized carbons (Fsp3) is 0.417. The lowest BCUT2D eigenvalue weighted by molar-refractivity contribution is -0.137. The number of aryl methyl sites for hydroxylation is 3. The van der Waals surface area contributed by atoms with Crippen LogP contribution in [0.2, 0.25) is 0 Å². The molecule has 0 spiro atoms. The normalized spacial score (nSPS) is 14.8. The molecule has 3 amide bonds. The smallest absolute Gasteiger partial charge is 0.334 e. The topological polar surface area (TPSA) is 64.7 Å². The van der Waals surface area contributed by atoms with Gasteiger partial charge in [-0.3, -0.25) is 9.69 Å². The van der Waals surface area contributed by atoms with Gasteiger partial charge < -0.3 is 15.5 Å². The Morgan fingerprint density at radius 2 is 1.58 bits per heavy atom. The van der Waals surface area contributed by atoms with Gasteiger partial charge in [-0.1, -0.05) is 29.8 Å². The highest BCUT2D eigenvalue weighted by Gasteiger charge is 2.33. The molecule has 1 saturated heterocycles. The third kappa shape index (κ3) is 6.47. The Bertz CT molecular complexity index is 992. The van der Waals surface area contributed by atoms with Gasteiger partial charge in [0.25, 0.3) is 0 Å². The average Bonchev–Trinajstić information content (AvgIpc) is 2.73. The molecule has 1 fully saturated rings. The number of benzene rings is 2. The van der Waals surface area contributed by atoms with E-state index in [-0.39, 0.29) is 18.3 Å². The maximum atomic E-state index is 13.1. The number of hydrogen-bond acceptors (Lipinski definition) is 3. The first-order valence-electron chi connectivity index (χ1n) is 10.8. The zero-order chi connectivity index (χ0) is 24.2. The van der Waals surface area contributed by atoms with Crippen LogP contribution in [0.25, 0.3) is 0 Å². The number of rotatable bonds is 5. The van der Waals surface area contributed by atoms with E-state index in [1.165, 1.54) is 23.8 Å². The van der Waals surface area contributed by atoms with Gasteiger partial charge in [-0.25, -0.2) is 4.79 Å². The molecule has 1 aliphatic rings. The summed E-state index contributed by atoms with van der Waals surface area (Å²) < 4.78 is 39.3. The van der Waals surface area contributed by atoms with Crippen molar-refractivity contribution in [3.63, 3.8) is 0 Å². The van der Waals surface area contributed by atoms with Gasteiger partial charge in [0, 0.05) is 32.7 Å². The number of para-hydroxylation sites is 1. The van der Waals surface area contributed by atoms with E-state index in [0.717, 1.165) is 22.8 Å². The number of hydrogen-bond donors (Lipinski definition) is 2. The predicted octanol–water partition coefficient (Wildman–Crippen LogP) is 4.10. The van der Waals surface area contributed by atoms with E-state index >= 15 is 0 Å². The summed E-state index contributed by atoms with van der Waals surface area (Å²) >= 11 is 0. The van der Waals surface area contributed by atoms with Crippen LogP contribution in [0, 0.1) is 20.8 Å². The van der Waals surface area contributed by atoms with E-state index in [9.17, 15) is 22.8 Å². The molecular formula is C24H29F3N4O2. The van der Waals surface area contributed by atoms with Crippen molar-refractivity contribution >= 4 is 17.6 Å². The fourth-order valence-corrected chi connectivity index (χ4v) is 4.11. The lowest BCUT2D eigenvalue weighted by Crippen LogP contribution is -2.52. The number of nitrogens with one attached hydrogen (secondary N) is 2. The van der Waals surface area contributed by atoms with Crippen molar-refractivity contribution < 1.29 is 22.8 Å². The van der Waals surface area contributed by atoms with E-state index in [4.69, 9.17) is 0 Å². The first-order valence-corrected chi connectivity index (χ1v) is 10.8. The Morgan fingerprint density at radius 3 is 2.18 bits per heavy atom. The molecule has 1 heterocycles. The van der Waals surface area contributed by atoms with E-state index < -0.39 is 17.6 Å². The molecule has 9 heteroatoms. The quantitative estimate of drug-likeness (QED) is 0.703. The Morgan fingerprint density at radius 1 is 0.970 bits per heavy atom. The molecule has 1 aliphatic heterocycles. The number of carbonyl (C=O) groups excluding carboxylic acids is 2. The van der Waals surface area contributed by atoms with Gasteiger partial charge in [-0.2, -0.15) is 13.2 Å². The van der Waals surface area contributed by atoms with Gasteiger partial charge in [-0.05, 0) is 49.6 Å². The molecule has 0 atom stereocenters. The maximum absolute atomic E-state index is 13.1. The molecular weight excluding hydrogens is 433 g/mol. The minimum Gasteiger partial charge on any atom is -0.334 e. The van der Waals surface area contributed by atoms with Crippen LogP contribution in [0.1, 0.15) is 27.8 Å². The maximum Gasteiger partial charge on any atom is 0.418 e. The Hall–Kier alpha value is -3.07. The van der Waals surface area contributed by atoms with E-state index in [1.54, 1.807) is 4.90 Å². The number of nitrogens with zero attached hydrogens (tertiary/aromatic N) is 2. The highest BCUT2D eigenvalue weighted by molar-refractivity contribution is 5.93. The summed E-state index contributed by atoms with van der Waals surface area (Å²) in [6.45, 7) is 8.29. The molecule has 0 unspecified atom stereocenters. The Balaban J connectivity index is 1.47. The summed E-state index contributed by atoms with van der Waals surface area (Å²) in [5, 5.41) is 5.32. The minimum absolute atomic E-state index is 0.0383. The van der Waals surface area contributed by atoms with Crippen molar-refractivity contribution in [3.8, 4) is 0 Å². The first kappa shape index (κ1) is 24.6. The number of urea groups is 1. The molecule has 6 nitrogen and oxygen atoms in total. The van der Waals surface area contributed by atoms with Crippen molar-refractivity contribution in [3.05, 3.63) is 64.2 Å². The molecule has 2 N–H and O–H groups in total. The second-order valence-electron chi connectivity index (χ2n) is 8.39. The van der Waals surface area contributed by atoms with Crippen LogP contribution in [0.3, 0.4) is 0 Å². The average molecular weight is 463 g/mol. The van der Waals surface area contributed by atoms with Crippen LogP contribution in [0.15, 0.2) is 36.4 Å². The zero-order valence-corrected chi connectivity index (χ0v) is 19.1. The lowest BCUT2D eigenvalue weighted by atomic mass is 10.00. The number of carbonyl (C=O) groups is 2. The third-order valence-electron chi connectivity index (χ3n) is 5.79. The van der Waals surface area contributed by atoms with Crippen molar-refractivity contribution in [2.75, 3.05) is 38.0 Å². The van der Waals surface area contributed by atoms with Crippen LogP contribution in [-0.4, -0.2) is 54.5 Å². The SMILES string of the molecule is Cc1cc(C)c(CNC(=O)N2CCN(CC(=O)Nc3ccccc3C(F)(F)F)CC2)c(C)c1. The molecule has 2 aromatic rings. The van der Waals surface area contributed by atoms with Crippen molar-refractivity contribution in [1.29, 1.82) is 0 Å². The van der Waals surface area contributed by atoms with Crippen LogP contribution < -0.4 is 10.6 Å². The third-order valence-corrected chi connectivity index (χ3v) is 5.79. The summed E-state index contributed by atoms with van der Waals surface area (Å²) in [5.41, 5.74) is 3.42. The standard InChI is InChI=1S/C24H29F3N4O2/c1-16-12-17(2)19(18(3)13-16)14-28-23(33)31-10-8-30(9-11-31)15-22(32)29-21-7-5-4-6-20(21)24(25,26)27/h4-7,12-13H,8-11,14-15H2,1-3H3,(H,28,33)(H,29,32). The predicted molar refractivity (Wildman–Crippen MR) is 121 cm³/mol. The number of halogens is 3. The monoisotopic (exact) mass is 462 g/mol. The molecule has 3 rings (SSSR count). The van der Waals surface area contributed by atoms with Crippen LogP contribution in [-0.2, 0) is 17.5 Å². The van der Waals surface area contributed by atoms with E-state index in [2.05, 4.69) is 22.8 Å². The fourth-order valence-electron chi connectivity index (χ4n) is 4.11. The molecule has 178 valence electrons. The van der Waals surface area contributed by atoms with Crippen molar-refractivity contribution in [2.24, 2.45) is 0 Å². The molecule has 33 heavy (non-hydrogen) atoms. The summed E-state index contributed by atoms with van der Waals surface area (Å²) in [6.07, 6.45) is -4.54. The molecule has 0 saturated carbocycles. The van der Waals surface area contributed by atoms with Crippen LogP contribution >= 0.6 is 0 Å². The van der Waals surface area contributed by atoms with Crippen LogP contribution in [0.4, 0.5) is 23.7 Å². The highest BCUT2D eigenvalue weighted by Crippen LogP contribution is 2.34. The van der Waals surface area contributed by atoms with Gasteiger partial charge in [0.05, 0.1) is 17.8 Å². The first-order chi connectivity index (χ1) is 15.5. The number of anilines is 1. The van der Waals surface area contributed by atoms with E-state index in [1.807, 2.05) is 25.7 Å². The van der Waals surface area contributed by atoms with Crippen molar-refractivity contribution in [1.82, 2.24) is 15.1 Å². The lowest BCUT2D eigenvalue weighted by Gasteiger charge is -2.34. The second kappa shape index (κ2) is 10.2. The summed E-state index contributed by atoms with van der Waals surface area (Å²) in [7, 11) is 0. The highest BCUT2D eigenvalue weighted by atomic mass is 19.4. The van der Waals surface area contributed by atoms with Gasteiger partial charge in [-0.15, -0.1) is 0 Å². The van der Waals surface area contributed by atoms with E-state index in [0.29, 0.717) is 32.7 Å². The molecule has 0 bridgehead atoms. The molecule has 0 aromatic heterocycles. The van der Waals surface area contributed by atoms with Gasteiger partial charge in [0.1, 0.15) is 0 Å². The molecule has 0 aliphatic carbocycles. The zero-order valence-electron chi connectivity index (χ0n) is 19.1. The summed E-state index contributed by atoms with van der Waals surface area (Å²) in [6, 6.07) is 8.91. The van der Waals surface area contributed by atoms with Crippen LogP contribution in [0.5, 0.6) is 0 Å². The number of piperazine rings is 1. The number of alkyl halides is 3. The Kier molecular flexibility index (Phi) is 7.63. The van der Waals surface area contributed by atoms with Crippen molar-refractivity contribution in [2.45, 2.75) is 33.5 Å². The summed E-state index contributed by atoms with van der Waals surface area (Å²) in [4.78, 5) is 28.4. The molecule has 0 radical (unpaired) electrons. The largest absolute Gasteiger partial charge is 0.418 e. The second-order valence-corrected chi connectivity index (χ2v) is 8.39. The minimum atomic E-state index is -4.54. The Labute approximate surface area is 191 Å². The van der Waals surface area contributed by atoms with Gasteiger partial charge >= 0.3 is 12.2 Å². The number of amides is 3. The van der Waals surface area contributed by atoms with Gasteiger partial charge in [0.15, 0.2) is 0 Å².